The average Bonchev–Trinajstić information content (AvgIpc) is 2.61. The van der Waals surface area contributed by atoms with Crippen molar-refractivity contribution in [2.75, 3.05) is 20.6 Å². The van der Waals surface area contributed by atoms with E-state index in [1.54, 1.807) is 6.07 Å². The van der Waals surface area contributed by atoms with Gasteiger partial charge >= 0.3 is 5.63 Å². The lowest BCUT2D eigenvalue weighted by Gasteiger charge is -2.21. The van der Waals surface area contributed by atoms with Gasteiger partial charge in [-0.2, -0.15) is 0 Å². The number of rotatable bonds is 6. The largest absolute Gasteiger partial charge is 0.423 e. The van der Waals surface area contributed by atoms with Gasteiger partial charge in [0.2, 0.25) is 0 Å². The third kappa shape index (κ3) is 4.53. The Morgan fingerprint density at radius 1 is 1.11 bits per heavy atom. The summed E-state index contributed by atoms with van der Waals surface area (Å²) in [6.07, 6.45) is 0. The SMILES string of the molecule is Cc1cc2oc(=O)cc(C[NH2+]C[C@H](c3ccccc3Cl)[NH+](C)C)c2cc1Cl. The minimum Gasteiger partial charge on any atom is -0.423 e. The van der Waals surface area contributed by atoms with E-state index in [1.165, 1.54) is 4.90 Å². The summed E-state index contributed by atoms with van der Waals surface area (Å²) >= 11 is 12.7. The third-order valence-corrected chi connectivity index (χ3v) is 5.61. The molecule has 0 bridgehead atoms. The Bertz CT molecular complexity index is 1010. The zero-order valence-electron chi connectivity index (χ0n) is 15.7. The van der Waals surface area contributed by atoms with E-state index < -0.39 is 0 Å². The summed E-state index contributed by atoms with van der Waals surface area (Å²) in [7, 11) is 4.24. The van der Waals surface area contributed by atoms with Crippen molar-refractivity contribution in [1.29, 1.82) is 0 Å². The molecule has 3 aromatic rings. The van der Waals surface area contributed by atoms with Gasteiger partial charge in [0.1, 0.15) is 18.7 Å². The fraction of sp³-hybridized carbons (Fsp3) is 0.286. The first-order valence-electron chi connectivity index (χ1n) is 8.96. The molecule has 0 saturated carbocycles. The minimum absolute atomic E-state index is 0.246. The second-order valence-electron chi connectivity index (χ2n) is 7.07. The first-order chi connectivity index (χ1) is 12.9. The average molecular weight is 407 g/mol. The van der Waals surface area contributed by atoms with Crippen LogP contribution in [0.4, 0.5) is 0 Å². The standard InChI is InChI=1S/C21H22Cl2N2O2/c1-13-8-20-16(10-18(13)23)14(9-21(26)27-20)11-24-12-19(25(2)3)15-6-4-5-7-17(15)22/h4-10,19,24H,11-12H2,1-3H3/p+2/t19-/m1/s1. The van der Waals surface area contributed by atoms with E-state index in [9.17, 15) is 4.79 Å². The first kappa shape index (κ1) is 19.9. The third-order valence-electron chi connectivity index (χ3n) is 4.85. The van der Waals surface area contributed by atoms with Gasteiger partial charge in [-0.3, -0.25) is 0 Å². The van der Waals surface area contributed by atoms with Crippen molar-refractivity contribution in [1.82, 2.24) is 0 Å². The predicted octanol–water partition coefficient (Wildman–Crippen LogP) is 2.36. The van der Waals surface area contributed by atoms with Gasteiger partial charge in [0.15, 0.2) is 6.04 Å². The smallest absolute Gasteiger partial charge is 0.336 e. The molecule has 0 radical (unpaired) electrons. The molecule has 0 unspecified atom stereocenters. The van der Waals surface area contributed by atoms with Gasteiger partial charge < -0.3 is 14.6 Å². The van der Waals surface area contributed by atoms with Gasteiger partial charge in [0.25, 0.3) is 0 Å². The highest BCUT2D eigenvalue weighted by atomic mass is 35.5. The van der Waals surface area contributed by atoms with E-state index in [0.29, 0.717) is 17.2 Å². The molecule has 0 saturated heterocycles. The van der Waals surface area contributed by atoms with E-state index in [4.69, 9.17) is 27.6 Å². The highest BCUT2D eigenvalue weighted by Crippen LogP contribution is 2.25. The van der Waals surface area contributed by atoms with Gasteiger partial charge in [-0.15, -0.1) is 0 Å². The maximum atomic E-state index is 11.9. The Hall–Kier alpha value is -1.85. The lowest BCUT2D eigenvalue weighted by atomic mass is 10.1. The molecule has 1 heterocycles. The highest BCUT2D eigenvalue weighted by Gasteiger charge is 2.22. The first-order valence-corrected chi connectivity index (χ1v) is 9.71. The van der Waals surface area contributed by atoms with Gasteiger partial charge in [0, 0.05) is 32.6 Å². The number of nitrogens with two attached hydrogens (primary N) is 1. The molecule has 2 aromatic carbocycles. The summed E-state index contributed by atoms with van der Waals surface area (Å²) in [5.74, 6) is 0. The monoisotopic (exact) mass is 406 g/mol. The number of quaternary nitrogens is 2. The number of hydrogen-bond acceptors (Lipinski definition) is 2. The molecular formula is C21H24Cl2N2O2+2. The van der Waals surface area contributed by atoms with Crippen LogP contribution in [0.2, 0.25) is 10.0 Å². The van der Waals surface area contributed by atoms with Crippen LogP contribution < -0.4 is 15.8 Å². The summed E-state index contributed by atoms with van der Waals surface area (Å²) in [5, 5.41) is 4.53. The molecule has 0 fully saturated rings. The molecule has 0 aliphatic rings. The fourth-order valence-electron chi connectivity index (χ4n) is 3.35. The Labute approximate surface area is 168 Å². The molecule has 0 spiro atoms. The quantitative estimate of drug-likeness (QED) is 0.617. The van der Waals surface area contributed by atoms with Crippen LogP contribution in [0.3, 0.4) is 0 Å². The molecule has 3 N–H and O–H groups in total. The number of fused-ring (bicyclic) bond motifs is 1. The normalized spacial score (nSPS) is 12.7. The van der Waals surface area contributed by atoms with E-state index >= 15 is 0 Å². The van der Waals surface area contributed by atoms with Crippen LogP contribution in [0.15, 0.2) is 51.7 Å². The molecule has 0 amide bonds. The van der Waals surface area contributed by atoms with Crippen molar-refractivity contribution in [3.8, 4) is 0 Å². The van der Waals surface area contributed by atoms with Crippen molar-refractivity contribution >= 4 is 34.2 Å². The topological polar surface area (TPSA) is 51.3 Å². The molecule has 1 aromatic heterocycles. The molecule has 27 heavy (non-hydrogen) atoms. The fourth-order valence-corrected chi connectivity index (χ4v) is 3.79. The number of hydrogen-bond donors (Lipinski definition) is 2. The summed E-state index contributed by atoms with van der Waals surface area (Å²) < 4.78 is 5.34. The van der Waals surface area contributed by atoms with Crippen LogP contribution in [0.5, 0.6) is 0 Å². The zero-order chi connectivity index (χ0) is 19.6. The van der Waals surface area contributed by atoms with Crippen LogP contribution in [0.1, 0.15) is 22.7 Å². The van der Waals surface area contributed by atoms with Gasteiger partial charge in [-0.1, -0.05) is 41.4 Å². The van der Waals surface area contributed by atoms with Crippen molar-refractivity contribution in [3.63, 3.8) is 0 Å². The number of halogens is 2. The molecule has 6 heteroatoms. The number of benzene rings is 2. The maximum absolute atomic E-state index is 11.9. The van der Waals surface area contributed by atoms with E-state index in [2.05, 4.69) is 25.5 Å². The van der Waals surface area contributed by atoms with Crippen LogP contribution in [-0.2, 0) is 6.54 Å². The van der Waals surface area contributed by atoms with Crippen LogP contribution in [0.25, 0.3) is 11.0 Å². The van der Waals surface area contributed by atoms with E-state index in [1.807, 2.05) is 37.3 Å². The Balaban J connectivity index is 1.83. The minimum atomic E-state index is -0.339. The second-order valence-corrected chi connectivity index (χ2v) is 7.88. The summed E-state index contributed by atoms with van der Waals surface area (Å²) in [5.41, 5.74) is 3.19. The molecule has 1 atom stereocenters. The Kier molecular flexibility index (Phi) is 6.22. The zero-order valence-corrected chi connectivity index (χ0v) is 17.2. The van der Waals surface area contributed by atoms with Crippen molar-refractivity contribution in [2.45, 2.75) is 19.5 Å². The van der Waals surface area contributed by atoms with E-state index in [0.717, 1.165) is 33.6 Å². The molecule has 4 nitrogen and oxygen atoms in total. The summed E-state index contributed by atoms with van der Waals surface area (Å²) in [6.45, 7) is 3.40. The lowest BCUT2D eigenvalue weighted by Crippen LogP contribution is -3.09. The summed E-state index contributed by atoms with van der Waals surface area (Å²) in [6, 6.07) is 13.4. The molecule has 3 rings (SSSR count). The number of nitrogens with one attached hydrogen (secondary N) is 1. The maximum Gasteiger partial charge on any atom is 0.336 e. The second kappa shape index (κ2) is 8.44. The molecule has 0 aliphatic carbocycles. The number of likely N-dealkylation sites (N-methyl/N-ethyl adjacent to an activating group) is 1. The van der Waals surface area contributed by atoms with Crippen LogP contribution in [0, 0.1) is 6.92 Å². The van der Waals surface area contributed by atoms with Crippen molar-refractivity contribution < 1.29 is 14.6 Å². The van der Waals surface area contributed by atoms with Gasteiger partial charge in [-0.05, 0) is 30.7 Å². The Morgan fingerprint density at radius 2 is 1.85 bits per heavy atom. The highest BCUT2D eigenvalue weighted by molar-refractivity contribution is 6.32. The number of aryl methyl sites for hydroxylation is 1. The predicted molar refractivity (Wildman–Crippen MR) is 110 cm³/mol. The molecular weight excluding hydrogens is 383 g/mol. The molecule has 0 aliphatic heterocycles. The molecule has 142 valence electrons. The van der Waals surface area contributed by atoms with Gasteiger partial charge in [-0.25, -0.2) is 4.79 Å². The van der Waals surface area contributed by atoms with Gasteiger partial charge in [0.05, 0.1) is 14.1 Å². The van der Waals surface area contributed by atoms with E-state index in [-0.39, 0.29) is 11.7 Å². The van der Waals surface area contributed by atoms with Crippen molar-refractivity contribution in [2.24, 2.45) is 0 Å². The van der Waals surface area contributed by atoms with Crippen LogP contribution >= 0.6 is 23.2 Å². The summed E-state index contributed by atoms with van der Waals surface area (Å²) in [4.78, 5) is 13.2. The van der Waals surface area contributed by atoms with Crippen LogP contribution in [-0.4, -0.2) is 20.6 Å². The lowest BCUT2D eigenvalue weighted by molar-refractivity contribution is -0.910. The van der Waals surface area contributed by atoms with Crippen molar-refractivity contribution in [3.05, 3.63) is 79.6 Å². The Morgan fingerprint density at radius 3 is 2.56 bits per heavy atom.